The van der Waals surface area contributed by atoms with Crippen molar-refractivity contribution in [2.24, 2.45) is 0 Å². The molecule has 2 aromatic rings. The van der Waals surface area contributed by atoms with Crippen molar-refractivity contribution < 1.29 is 5.11 Å². The summed E-state index contributed by atoms with van der Waals surface area (Å²) in [6.07, 6.45) is 4.22. The van der Waals surface area contributed by atoms with Crippen molar-refractivity contribution in [1.82, 2.24) is 14.8 Å². The molecule has 0 atom stereocenters. The Balaban J connectivity index is 1.74. The van der Waals surface area contributed by atoms with Crippen LogP contribution in [0.4, 0.5) is 0 Å². The van der Waals surface area contributed by atoms with Gasteiger partial charge in [-0.3, -0.25) is 0 Å². The molecule has 0 radical (unpaired) electrons. The molecule has 3 rings (SSSR count). The summed E-state index contributed by atoms with van der Waals surface area (Å²) in [5, 5.41) is 17.6. The fraction of sp³-hybridized carbons (Fsp3) is 0.429. The van der Waals surface area contributed by atoms with E-state index in [1.807, 2.05) is 6.07 Å². The van der Waals surface area contributed by atoms with E-state index in [9.17, 15) is 5.11 Å². The minimum absolute atomic E-state index is 0.0190. The van der Waals surface area contributed by atoms with Crippen LogP contribution in [-0.4, -0.2) is 19.9 Å². The minimum atomic E-state index is -0.0190. The van der Waals surface area contributed by atoms with E-state index in [2.05, 4.69) is 39.0 Å². The third-order valence-electron chi connectivity index (χ3n) is 3.37. The number of aromatic nitrogens is 3. The maximum atomic E-state index is 9.27. The zero-order valence-electron chi connectivity index (χ0n) is 10.3. The van der Waals surface area contributed by atoms with E-state index in [-0.39, 0.29) is 6.61 Å². The van der Waals surface area contributed by atoms with Crippen molar-refractivity contribution in [3.63, 3.8) is 0 Å². The molecule has 1 saturated carbocycles. The smallest absolute Gasteiger partial charge is 0.159 e. The van der Waals surface area contributed by atoms with Gasteiger partial charge >= 0.3 is 0 Å². The summed E-state index contributed by atoms with van der Waals surface area (Å²) in [5.74, 6) is 1.71. The summed E-state index contributed by atoms with van der Waals surface area (Å²) in [4.78, 5) is 0. The predicted octanol–water partition coefficient (Wildman–Crippen LogP) is 1.89. The van der Waals surface area contributed by atoms with Crippen molar-refractivity contribution in [1.29, 1.82) is 0 Å². The van der Waals surface area contributed by atoms with E-state index in [4.69, 9.17) is 0 Å². The van der Waals surface area contributed by atoms with E-state index in [0.717, 1.165) is 18.7 Å². The second-order valence-electron chi connectivity index (χ2n) is 4.78. The molecule has 0 unspecified atom stereocenters. The van der Waals surface area contributed by atoms with Crippen LogP contribution < -0.4 is 0 Å². The first-order valence-corrected chi connectivity index (χ1v) is 6.46. The van der Waals surface area contributed by atoms with Crippen LogP contribution in [0.5, 0.6) is 0 Å². The van der Waals surface area contributed by atoms with Crippen molar-refractivity contribution in [2.75, 3.05) is 0 Å². The van der Waals surface area contributed by atoms with E-state index >= 15 is 0 Å². The lowest BCUT2D eigenvalue weighted by atomic mass is 10.1. The van der Waals surface area contributed by atoms with Crippen LogP contribution in [-0.2, 0) is 19.4 Å². The number of aryl methyl sites for hydroxylation is 2. The van der Waals surface area contributed by atoms with Gasteiger partial charge in [-0.05, 0) is 24.8 Å². The average Bonchev–Trinajstić information content (AvgIpc) is 3.18. The second-order valence-corrected chi connectivity index (χ2v) is 4.78. The Morgan fingerprint density at radius 3 is 2.44 bits per heavy atom. The highest BCUT2D eigenvalue weighted by molar-refractivity contribution is 5.16. The molecule has 94 valence electrons. The largest absolute Gasteiger partial charge is 0.388 e. The van der Waals surface area contributed by atoms with Gasteiger partial charge in [0.15, 0.2) is 5.82 Å². The predicted molar refractivity (Wildman–Crippen MR) is 68.1 cm³/mol. The molecule has 0 saturated heterocycles. The first-order valence-electron chi connectivity index (χ1n) is 6.46. The molecule has 1 aliphatic rings. The fourth-order valence-corrected chi connectivity index (χ4v) is 2.29. The van der Waals surface area contributed by atoms with E-state index < -0.39 is 0 Å². The van der Waals surface area contributed by atoms with E-state index in [1.165, 1.54) is 18.4 Å². The number of nitrogens with zero attached hydrogens (tertiary/aromatic N) is 3. The van der Waals surface area contributed by atoms with Gasteiger partial charge in [-0.25, -0.2) is 0 Å². The SMILES string of the molecule is OCc1nnc(CCc2ccccc2)n1C1CC1. The third kappa shape index (κ3) is 2.29. The van der Waals surface area contributed by atoms with Crippen LogP contribution in [0.1, 0.15) is 36.1 Å². The summed E-state index contributed by atoms with van der Waals surface area (Å²) >= 11 is 0. The molecule has 1 aromatic heterocycles. The molecule has 4 nitrogen and oxygen atoms in total. The van der Waals surface area contributed by atoms with Gasteiger partial charge in [0, 0.05) is 12.5 Å². The summed E-state index contributed by atoms with van der Waals surface area (Å²) in [6, 6.07) is 10.9. The lowest BCUT2D eigenvalue weighted by molar-refractivity contribution is 0.264. The molecule has 0 spiro atoms. The average molecular weight is 243 g/mol. The zero-order valence-corrected chi connectivity index (χ0v) is 10.3. The minimum Gasteiger partial charge on any atom is -0.388 e. The van der Waals surface area contributed by atoms with Crippen LogP contribution in [0.25, 0.3) is 0 Å². The quantitative estimate of drug-likeness (QED) is 0.872. The molecule has 4 heteroatoms. The molecule has 0 aliphatic heterocycles. The van der Waals surface area contributed by atoms with Gasteiger partial charge in [0.2, 0.25) is 0 Å². The van der Waals surface area contributed by atoms with Crippen molar-refractivity contribution in [3.8, 4) is 0 Å². The highest BCUT2D eigenvalue weighted by atomic mass is 16.3. The van der Waals surface area contributed by atoms with Crippen LogP contribution in [0, 0.1) is 0 Å². The monoisotopic (exact) mass is 243 g/mol. The lowest BCUT2D eigenvalue weighted by Gasteiger charge is -2.07. The van der Waals surface area contributed by atoms with Crippen molar-refractivity contribution in [3.05, 3.63) is 47.5 Å². The molecule has 1 aliphatic carbocycles. The van der Waals surface area contributed by atoms with Gasteiger partial charge in [-0.2, -0.15) is 0 Å². The Hall–Kier alpha value is -1.68. The van der Waals surface area contributed by atoms with Crippen LogP contribution >= 0.6 is 0 Å². The van der Waals surface area contributed by atoms with E-state index in [1.54, 1.807) is 0 Å². The number of aliphatic hydroxyl groups excluding tert-OH is 1. The molecule has 0 amide bonds. The molecule has 1 fully saturated rings. The Morgan fingerprint density at radius 2 is 1.78 bits per heavy atom. The molecule has 1 aromatic carbocycles. The number of rotatable bonds is 5. The summed E-state index contributed by atoms with van der Waals surface area (Å²) in [6.45, 7) is -0.0190. The van der Waals surface area contributed by atoms with Crippen LogP contribution in [0.15, 0.2) is 30.3 Å². The number of aliphatic hydroxyl groups is 1. The van der Waals surface area contributed by atoms with Gasteiger partial charge in [0.25, 0.3) is 0 Å². The summed E-state index contributed by atoms with van der Waals surface area (Å²) < 4.78 is 2.13. The molecule has 18 heavy (non-hydrogen) atoms. The zero-order chi connectivity index (χ0) is 12.4. The fourth-order valence-electron chi connectivity index (χ4n) is 2.29. The molecule has 1 N–H and O–H groups in total. The topological polar surface area (TPSA) is 50.9 Å². The van der Waals surface area contributed by atoms with Gasteiger partial charge in [-0.1, -0.05) is 30.3 Å². The summed E-state index contributed by atoms with van der Waals surface area (Å²) in [5.41, 5.74) is 1.31. The highest BCUT2D eigenvalue weighted by Gasteiger charge is 2.28. The third-order valence-corrected chi connectivity index (χ3v) is 3.37. The van der Waals surface area contributed by atoms with Gasteiger partial charge in [0.05, 0.1) is 0 Å². The van der Waals surface area contributed by atoms with Gasteiger partial charge < -0.3 is 9.67 Å². The van der Waals surface area contributed by atoms with E-state index in [0.29, 0.717) is 11.9 Å². The first kappa shape index (κ1) is 11.4. The maximum Gasteiger partial charge on any atom is 0.159 e. The van der Waals surface area contributed by atoms with Crippen LogP contribution in [0.2, 0.25) is 0 Å². The Labute approximate surface area is 106 Å². The lowest BCUT2D eigenvalue weighted by Crippen LogP contribution is -2.07. The second kappa shape index (κ2) is 4.90. The number of hydrogen-bond donors (Lipinski definition) is 1. The molecule has 1 heterocycles. The van der Waals surface area contributed by atoms with Gasteiger partial charge in [0.1, 0.15) is 12.4 Å². The Kier molecular flexibility index (Phi) is 3.11. The molecular weight excluding hydrogens is 226 g/mol. The maximum absolute atomic E-state index is 9.27. The normalized spacial score (nSPS) is 14.9. The number of benzene rings is 1. The van der Waals surface area contributed by atoms with Crippen molar-refractivity contribution in [2.45, 2.75) is 38.3 Å². The standard InChI is InChI=1S/C14H17N3O/c18-10-14-16-15-13(17(14)12-7-8-12)9-6-11-4-2-1-3-5-11/h1-5,12,18H,6-10H2. The first-order chi connectivity index (χ1) is 8.88. The van der Waals surface area contributed by atoms with Crippen molar-refractivity contribution >= 4 is 0 Å². The van der Waals surface area contributed by atoms with Gasteiger partial charge in [-0.15, -0.1) is 10.2 Å². The van der Waals surface area contributed by atoms with Crippen LogP contribution in [0.3, 0.4) is 0 Å². The Morgan fingerprint density at radius 1 is 1.06 bits per heavy atom. The molecular formula is C14H17N3O. The summed E-state index contributed by atoms with van der Waals surface area (Å²) in [7, 11) is 0. The Bertz CT molecular complexity index is 517. The highest BCUT2D eigenvalue weighted by Crippen LogP contribution is 2.36. The molecule has 0 bridgehead atoms. The number of hydrogen-bond acceptors (Lipinski definition) is 3.